The zero-order valence-corrected chi connectivity index (χ0v) is 9.00. The number of sulfonamides is 1. The van der Waals surface area contributed by atoms with Gasteiger partial charge in [0.1, 0.15) is 6.04 Å². The van der Waals surface area contributed by atoms with Gasteiger partial charge in [-0.25, -0.2) is 8.42 Å². The first-order valence-electron chi connectivity index (χ1n) is 4.93. The summed E-state index contributed by atoms with van der Waals surface area (Å²) < 4.78 is 24.8. The summed E-state index contributed by atoms with van der Waals surface area (Å²) in [6, 6.07) is 1.73. The SMILES string of the molecule is CC1CN(C(C#N)C2CC2)S(=O)(=O)C1. The molecule has 2 atom stereocenters. The van der Waals surface area contributed by atoms with Crippen molar-refractivity contribution in [1.29, 1.82) is 5.26 Å². The molecule has 2 fully saturated rings. The normalized spacial score (nSPS) is 33.9. The van der Waals surface area contributed by atoms with Crippen molar-refractivity contribution in [3.63, 3.8) is 0 Å². The minimum absolute atomic E-state index is 0.162. The lowest BCUT2D eigenvalue weighted by atomic mass is 10.1. The standard InChI is InChI=1S/C9H14N2O2S/c1-7-5-11(14(12,13)6-7)9(4-10)8-2-3-8/h7-9H,2-3,5-6H2,1H3. The van der Waals surface area contributed by atoms with Gasteiger partial charge in [0, 0.05) is 6.54 Å². The number of rotatable bonds is 2. The molecule has 0 aromatic heterocycles. The van der Waals surface area contributed by atoms with Crippen LogP contribution in [0.15, 0.2) is 0 Å². The fourth-order valence-electron chi connectivity index (χ4n) is 2.03. The highest BCUT2D eigenvalue weighted by molar-refractivity contribution is 7.89. The fraction of sp³-hybridized carbons (Fsp3) is 0.889. The van der Waals surface area contributed by atoms with Gasteiger partial charge in [-0.1, -0.05) is 6.92 Å². The Morgan fingerprint density at radius 1 is 1.50 bits per heavy atom. The minimum Gasteiger partial charge on any atom is -0.212 e. The van der Waals surface area contributed by atoms with Crippen molar-refractivity contribution in [2.75, 3.05) is 12.3 Å². The van der Waals surface area contributed by atoms with Crippen LogP contribution in [0, 0.1) is 23.2 Å². The molecule has 4 nitrogen and oxygen atoms in total. The van der Waals surface area contributed by atoms with Crippen LogP contribution in [0.2, 0.25) is 0 Å². The number of hydrogen-bond acceptors (Lipinski definition) is 3. The Hall–Kier alpha value is -0.600. The van der Waals surface area contributed by atoms with Crippen LogP contribution >= 0.6 is 0 Å². The van der Waals surface area contributed by atoms with Crippen molar-refractivity contribution >= 4 is 10.0 Å². The number of nitrogens with zero attached hydrogens (tertiary/aromatic N) is 2. The molecule has 2 unspecified atom stereocenters. The van der Waals surface area contributed by atoms with Crippen molar-refractivity contribution in [3.05, 3.63) is 0 Å². The molecule has 1 aliphatic carbocycles. The molecule has 14 heavy (non-hydrogen) atoms. The highest BCUT2D eigenvalue weighted by Gasteiger charge is 2.44. The first kappa shape index (κ1) is 9.94. The zero-order chi connectivity index (χ0) is 10.3. The lowest BCUT2D eigenvalue weighted by Gasteiger charge is -2.19. The summed E-state index contributed by atoms with van der Waals surface area (Å²) in [5.41, 5.74) is 0. The molecular formula is C9H14N2O2S. The van der Waals surface area contributed by atoms with Crippen LogP contribution in [0.25, 0.3) is 0 Å². The smallest absolute Gasteiger partial charge is 0.212 e. The second kappa shape index (κ2) is 3.21. The molecular weight excluding hydrogens is 200 g/mol. The van der Waals surface area contributed by atoms with E-state index in [1.807, 2.05) is 6.92 Å². The van der Waals surface area contributed by atoms with Crippen molar-refractivity contribution in [1.82, 2.24) is 4.31 Å². The molecule has 5 heteroatoms. The Bertz CT molecular complexity index is 367. The van der Waals surface area contributed by atoms with Gasteiger partial charge in [0.25, 0.3) is 0 Å². The van der Waals surface area contributed by atoms with E-state index < -0.39 is 16.1 Å². The fourth-order valence-corrected chi connectivity index (χ4v) is 4.10. The summed E-state index contributed by atoms with van der Waals surface area (Å²) in [5.74, 6) is 0.660. The van der Waals surface area contributed by atoms with Gasteiger partial charge in [-0.2, -0.15) is 9.57 Å². The third-order valence-corrected chi connectivity index (χ3v) is 4.94. The zero-order valence-electron chi connectivity index (χ0n) is 8.18. The van der Waals surface area contributed by atoms with Crippen LogP contribution in [-0.2, 0) is 10.0 Å². The molecule has 0 amide bonds. The maximum absolute atomic E-state index is 11.7. The molecule has 1 heterocycles. The van der Waals surface area contributed by atoms with Crippen LogP contribution in [0.5, 0.6) is 0 Å². The molecule has 78 valence electrons. The van der Waals surface area contributed by atoms with Gasteiger partial charge in [0.05, 0.1) is 11.8 Å². The summed E-state index contributed by atoms with van der Waals surface area (Å²) in [4.78, 5) is 0. The van der Waals surface area contributed by atoms with Gasteiger partial charge in [-0.3, -0.25) is 0 Å². The second-order valence-corrected chi connectivity index (χ2v) is 6.33. The molecule has 2 rings (SSSR count). The Morgan fingerprint density at radius 2 is 2.14 bits per heavy atom. The number of hydrogen-bond donors (Lipinski definition) is 0. The van der Waals surface area contributed by atoms with E-state index >= 15 is 0 Å². The van der Waals surface area contributed by atoms with Crippen LogP contribution < -0.4 is 0 Å². The van der Waals surface area contributed by atoms with E-state index in [9.17, 15) is 8.42 Å². The summed E-state index contributed by atoms with van der Waals surface area (Å²) in [7, 11) is -3.14. The summed E-state index contributed by atoms with van der Waals surface area (Å²) in [5, 5.41) is 8.96. The topological polar surface area (TPSA) is 61.2 Å². The Kier molecular flexibility index (Phi) is 2.28. The molecule has 2 aliphatic rings. The molecule has 0 aromatic rings. The van der Waals surface area contributed by atoms with Crippen LogP contribution in [-0.4, -0.2) is 31.1 Å². The minimum atomic E-state index is -3.14. The van der Waals surface area contributed by atoms with E-state index in [1.54, 1.807) is 0 Å². The van der Waals surface area contributed by atoms with Gasteiger partial charge >= 0.3 is 0 Å². The molecule has 0 N–H and O–H groups in total. The predicted octanol–water partition coefficient (Wildman–Crippen LogP) is 0.570. The van der Waals surface area contributed by atoms with Gasteiger partial charge in [-0.15, -0.1) is 0 Å². The van der Waals surface area contributed by atoms with Crippen LogP contribution in [0.4, 0.5) is 0 Å². The van der Waals surface area contributed by atoms with Gasteiger partial charge in [0.15, 0.2) is 0 Å². The Balaban J connectivity index is 2.21. The monoisotopic (exact) mass is 214 g/mol. The third kappa shape index (κ3) is 1.64. The second-order valence-electron chi connectivity index (χ2n) is 4.36. The van der Waals surface area contributed by atoms with Crippen molar-refractivity contribution in [3.8, 4) is 6.07 Å². The Labute approximate surface area is 84.6 Å². The molecule has 1 aliphatic heterocycles. The third-order valence-electron chi connectivity index (χ3n) is 2.86. The number of nitriles is 1. The lowest BCUT2D eigenvalue weighted by Crippen LogP contribution is -2.37. The van der Waals surface area contributed by atoms with E-state index in [0.29, 0.717) is 12.5 Å². The van der Waals surface area contributed by atoms with Gasteiger partial charge in [-0.05, 0) is 24.7 Å². The molecule has 1 saturated carbocycles. The first-order chi connectivity index (χ1) is 6.54. The van der Waals surface area contributed by atoms with E-state index in [-0.39, 0.29) is 11.7 Å². The highest BCUT2D eigenvalue weighted by Crippen LogP contribution is 2.38. The average Bonchev–Trinajstić information content (AvgIpc) is 2.82. The quantitative estimate of drug-likeness (QED) is 0.675. The van der Waals surface area contributed by atoms with Crippen molar-refractivity contribution in [2.24, 2.45) is 11.8 Å². The van der Waals surface area contributed by atoms with E-state index in [0.717, 1.165) is 12.8 Å². The molecule has 0 radical (unpaired) electrons. The van der Waals surface area contributed by atoms with Gasteiger partial charge in [0.2, 0.25) is 10.0 Å². The van der Waals surface area contributed by atoms with Crippen molar-refractivity contribution in [2.45, 2.75) is 25.8 Å². The maximum atomic E-state index is 11.7. The van der Waals surface area contributed by atoms with E-state index in [1.165, 1.54) is 4.31 Å². The van der Waals surface area contributed by atoms with Crippen molar-refractivity contribution < 1.29 is 8.42 Å². The summed E-state index contributed by atoms with van der Waals surface area (Å²) in [6.07, 6.45) is 2.00. The lowest BCUT2D eigenvalue weighted by molar-refractivity contribution is 0.344. The Morgan fingerprint density at radius 3 is 2.50 bits per heavy atom. The highest BCUT2D eigenvalue weighted by atomic mass is 32.2. The summed E-state index contributed by atoms with van der Waals surface area (Å²) in [6.45, 7) is 2.44. The first-order valence-corrected chi connectivity index (χ1v) is 6.54. The summed E-state index contributed by atoms with van der Waals surface area (Å²) >= 11 is 0. The largest absolute Gasteiger partial charge is 0.215 e. The van der Waals surface area contributed by atoms with Gasteiger partial charge < -0.3 is 0 Å². The molecule has 0 bridgehead atoms. The van der Waals surface area contributed by atoms with E-state index in [2.05, 4.69) is 6.07 Å². The average molecular weight is 214 g/mol. The molecule has 0 spiro atoms. The predicted molar refractivity (Wildman–Crippen MR) is 51.8 cm³/mol. The van der Waals surface area contributed by atoms with Crippen LogP contribution in [0.1, 0.15) is 19.8 Å². The van der Waals surface area contributed by atoms with Crippen LogP contribution in [0.3, 0.4) is 0 Å². The van der Waals surface area contributed by atoms with E-state index in [4.69, 9.17) is 5.26 Å². The maximum Gasteiger partial charge on any atom is 0.215 e. The molecule has 1 saturated heterocycles. The molecule has 0 aromatic carbocycles.